The number of carboxylic acids is 1. The topological polar surface area (TPSA) is 192 Å². The van der Waals surface area contributed by atoms with Crippen LogP contribution in [0.1, 0.15) is 62.2 Å². The highest BCUT2D eigenvalue weighted by Gasteiger charge is 2.54. The number of rotatable bonds is 10. The molecule has 2 amide bonds. The molecule has 1 unspecified atom stereocenters. The molecule has 0 aliphatic carbocycles. The number of phenols is 3. The normalized spacial score (nSPS) is 14.3. The molecule has 48 heavy (non-hydrogen) atoms. The molecule has 1 spiro atoms. The van der Waals surface area contributed by atoms with Gasteiger partial charge in [0.25, 0.3) is 5.91 Å². The lowest BCUT2D eigenvalue weighted by Gasteiger charge is -2.36. The van der Waals surface area contributed by atoms with E-state index in [9.17, 15) is 39.6 Å². The Kier molecular flexibility index (Phi) is 8.47. The van der Waals surface area contributed by atoms with Gasteiger partial charge in [0.2, 0.25) is 5.91 Å². The maximum Gasteiger partial charge on any atom is 0.340 e. The van der Waals surface area contributed by atoms with Gasteiger partial charge in [-0.15, -0.1) is 0 Å². The molecule has 0 fully saturated rings. The minimum absolute atomic E-state index is 0.0790. The average molecular weight is 651 g/mol. The number of carboxylic acid groups (broad SMARTS) is 1. The molecule has 12 nitrogen and oxygen atoms in total. The van der Waals surface area contributed by atoms with E-state index in [1.165, 1.54) is 60.7 Å². The number of unbranched alkanes of at least 4 members (excludes halogenated alkanes) is 1. The van der Waals surface area contributed by atoms with Gasteiger partial charge in [-0.05, 0) is 85.5 Å². The Hall–Kier alpha value is -6.30. The van der Waals surface area contributed by atoms with Gasteiger partial charge in [0.15, 0.2) is 5.60 Å². The Morgan fingerprint density at radius 1 is 0.792 bits per heavy atom. The van der Waals surface area contributed by atoms with E-state index in [1.807, 2.05) is 0 Å². The Morgan fingerprint density at radius 3 is 2.08 bits per heavy atom. The van der Waals surface area contributed by atoms with Gasteiger partial charge >= 0.3 is 11.9 Å². The minimum atomic E-state index is -1.51. The number of hydrogen-bond donors (Lipinski definition) is 6. The molecule has 0 saturated heterocycles. The van der Waals surface area contributed by atoms with Crippen molar-refractivity contribution in [1.82, 2.24) is 10.6 Å². The van der Waals surface area contributed by atoms with Crippen molar-refractivity contribution >= 4 is 29.8 Å². The molecule has 0 bridgehead atoms. The quantitative estimate of drug-likeness (QED) is 0.0806. The highest BCUT2D eigenvalue weighted by molar-refractivity contribution is 6.00. The minimum Gasteiger partial charge on any atom is -0.508 e. The first-order valence-corrected chi connectivity index (χ1v) is 15.1. The molecule has 0 aromatic heterocycles. The maximum absolute atomic E-state index is 13.2. The summed E-state index contributed by atoms with van der Waals surface area (Å²) < 4.78 is 12.0. The van der Waals surface area contributed by atoms with Gasteiger partial charge in [0, 0.05) is 47.0 Å². The molecule has 0 radical (unpaired) electrons. The molecule has 4 aromatic rings. The van der Waals surface area contributed by atoms with Gasteiger partial charge in [-0.3, -0.25) is 9.59 Å². The van der Waals surface area contributed by atoms with Crippen molar-refractivity contribution in [3.8, 4) is 28.7 Å². The molecule has 4 aromatic carbocycles. The zero-order chi connectivity index (χ0) is 34.0. The summed E-state index contributed by atoms with van der Waals surface area (Å²) in [5.41, 5.74) is 0.884. The van der Waals surface area contributed by atoms with Gasteiger partial charge in [-0.2, -0.15) is 0 Å². The Balaban J connectivity index is 1.12. The van der Waals surface area contributed by atoms with Crippen molar-refractivity contribution < 1.29 is 49.1 Å². The Bertz CT molecular complexity index is 1920. The molecule has 0 saturated carbocycles. The second-order valence-corrected chi connectivity index (χ2v) is 11.4. The van der Waals surface area contributed by atoms with E-state index in [0.29, 0.717) is 35.1 Å². The lowest BCUT2D eigenvalue weighted by molar-refractivity contribution is -0.141. The molecule has 2 aliphatic heterocycles. The number of esters is 1. The fourth-order valence-corrected chi connectivity index (χ4v) is 5.85. The molecule has 6 rings (SSSR count). The van der Waals surface area contributed by atoms with Gasteiger partial charge in [-0.25, -0.2) is 9.59 Å². The molecule has 1 atom stereocenters. The van der Waals surface area contributed by atoms with E-state index in [-0.39, 0.29) is 52.8 Å². The third-order valence-corrected chi connectivity index (χ3v) is 8.18. The highest BCUT2D eigenvalue weighted by Crippen LogP contribution is 2.57. The van der Waals surface area contributed by atoms with Crippen LogP contribution in [0.15, 0.2) is 84.9 Å². The highest BCUT2D eigenvalue weighted by atomic mass is 16.6. The van der Waals surface area contributed by atoms with Gasteiger partial charge in [-0.1, -0.05) is 12.1 Å². The predicted molar refractivity (Wildman–Crippen MR) is 171 cm³/mol. The number of carbonyl (C=O) groups is 4. The summed E-state index contributed by atoms with van der Waals surface area (Å²) in [6.45, 7) is 0.218. The number of hydrogen-bond acceptors (Lipinski definition) is 9. The number of phenolic OH excluding ortho intramolecular Hbond substituents is 3. The van der Waals surface area contributed by atoms with E-state index < -0.39 is 35.4 Å². The largest absolute Gasteiger partial charge is 0.508 e. The predicted octanol–water partition coefficient (Wildman–Crippen LogP) is 4.55. The number of aliphatic carboxylic acids is 1. The summed E-state index contributed by atoms with van der Waals surface area (Å²) in [7, 11) is 0. The Labute approximate surface area is 273 Å². The molecule has 6 N–H and O–H groups in total. The van der Waals surface area contributed by atoms with E-state index in [4.69, 9.17) is 9.47 Å². The van der Waals surface area contributed by atoms with Crippen LogP contribution in [0, 0.1) is 0 Å². The third-order valence-electron chi connectivity index (χ3n) is 8.18. The standard InChI is InChI=1S/C36H30N2O10/c39-22-8-4-20(5-9-22)6-15-32(42)38-29(34(44)45)3-1-2-16-37-33(43)21-7-12-25-28(17-21)36(48-35(25)46)26-13-10-23(40)18-30(26)47-31-19-24(41)11-14-27(31)36/h4-15,17-19,29,39-41H,1-3,16H2,(H,37,43)(H,38,42)(H,44,45)/b15-6+. The summed E-state index contributed by atoms with van der Waals surface area (Å²) in [6.07, 6.45) is 3.67. The average Bonchev–Trinajstić information content (AvgIpc) is 3.34. The fourth-order valence-electron chi connectivity index (χ4n) is 5.85. The van der Waals surface area contributed by atoms with Gasteiger partial charge in [0.1, 0.15) is 34.8 Å². The monoisotopic (exact) mass is 650 g/mol. The number of nitrogens with one attached hydrogen (secondary N) is 2. The number of carbonyl (C=O) groups excluding carboxylic acids is 3. The second-order valence-electron chi connectivity index (χ2n) is 11.4. The zero-order valence-electron chi connectivity index (χ0n) is 25.3. The zero-order valence-corrected chi connectivity index (χ0v) is 25.3. The third kappa shape index (κ3) is 6.10. The van der Waals surface area contributed by atoms with Crippen LogP contribution < -0.4 is 15.4 Å². The molecular weight excluding hydrogens is 620 g/mol. The molecule has 12 heteroatoms. The first-order chi connectivity index (χ1) is 23.0. The number of fused-ring (bicyclic) bond motifs is 6. The van der Waals surface area contributed by atoms with Crippen LogP contribution in [0.3, 0.4) is 0 Å². The van der Waals surface area contributed by atoms with Crippen molar-refractivity contribution in [2.24, 2.45) is 0 Å². The van der Waals surface area contributed by atoms with Crippen molar-refractivity contribution in [2.45, 2.75) is 30.9 Å². The summed E-state index contributed by atoms with van der Waals surface area (Å²) in [4.78, 5) is 50.4. The molecule has 2 aliphatic rings. The first-order valence-electron chi connectivity index (χ1n) is 15.1. The lowest BCUT2D eigenvalue weighted by Crippen LogP contribution is -2.40. The number of ether oxygens (including phenoxy) is 2. The Morgan fingerprint density at radius 2 is 1.44 bits per heavy atom. The summed E-state index contributed by atoms with van der Waals surface area (Å²) >= 11 is 0. The van der Waals surface area contributed by atoms with Crippen molar-refractivity contribution in [3.05, 3.63) is 118 Å². The molecule has 2 heterocycles. The summed E-state index contributed by atoms with van der Waals surface area (Å²) in [6, 6.07) is 18.4. The van der Waals surface area contributed by atoms with Crippen LogP contribution in [0.2, 0.25) is 0 Å². The van der Waals surface area contributed by atoms with Gasteiger partial charge < -0.3 is 40.5 Å². The van der Waals surface area contributed by atoms with Crippen molar-refractivity contribution in [1.29, 1.82) is 0 Å². The van der Waals surface area contributed by atoms with E-state index in [0.717, 1.165) is 0 Å². The number of aromatic hydroxyl groups is 3. The SMILES string of the molecule is O=C(/C=C/c1ccc(O)cc1)NC(CCCCNC(=O)c1ccc2c(c1)C1(OC2=O)c2ccc(O)cc2Oc2cc(O)ccc21)C(=O)O. The van der Waals surface area contributed by atoms with Crippen LogP contribution >= 0.6 is 0 Å². The van der Waals surface area contributed by atoms with Gasteiger partial charge in [0.05, 0.1) is 5.56 Å². The summed E-state index contributed by atoms with van der Waals surface area (Å²) in [5, 5.41) is 44.5. The second kappa shape index (κ2) is 12.8. The molecular formula is C36H30N2O10. The fraction of sp³-hybridized carbons (Fsp3) is 0.167. The number of amides is 2. The van der Waals surface area contributed by atoms with Crippen LogP contribution in [0.25, 0.3) is 6.08 Å². The van der Waals surface area contributed by atoms with Crippen molar-refractivity contribution in [2.75, 3.05) is 6.54 Å². The molecule has 244 valence electrons. The maximum atomic E-state index is 13.2. The summed E-state index contributed by atoms with van der Waals surface area (Å²) in [5.74, 6) is -2.45. The van der Waals surface area contributed by atoms with Crippen molar-refractivity contribution in [3.63, 3.8) is 0 Å². The van der Waals surface area contributed by atoms with E-state index >= 15 is 0 Å². The number of benzene rings is 4. The smallest absolute Gasteiger partial charge is 0.340 e. The van der Waals surface area contributed by atoms with Crippen LogP contribution in [-0.2, 0) is 19.9 Å². The van der Waals surface area contributed by atoms with Crippen LogP contribution in [0.4, 0.5) is 0 Å². The lowest BCUT2D eigenvalue weighted by atomic mass is 9.77. The van der Waals surface area contributed by atoms with E-state index in [1.54, 1.807) is 30.3 Å². The van der Waals surface area contributed by atoms with Crippen LogP contribution in [-0.4, -0.2) is 56.8 Å². The van der Waals surface area contributed by atoms with E-state index in [2.05, 4.69) is 10.6 Å². The van der Waals surface area contributed by atoms with Crippen LogP contribution in [0.5, 0.6) is 28.7 Å². The first kappa shape index (κ1) is 31.7.